The molecular formula is C24H46O2S2. The fraction of sp³-hybridized carbons (Fsp3) is 0.917. The van der Waals surface area contributed by atoms with Gasteiger partial charge < -0.3 is 0 Å². The fourth-order valence-electron chi connectivity index (χ4n) is 3.34. The second-order valence-corrected chi connectivity index (χ2v) is 10.3. The summed E-state index contributed by atoms with van der Waals surface area (Å²) < 4.78 is 0. The van der Waals surface area contributed by atoms with Crippen LogP contribution in [0.4, 0.5) is 0 Å². The second kappa shape index (κ2) is 23.3. The largest absolute Gasteiger partial charge is 0.286 e. The van der Waals surface area contributed by atoms with Gasteiger partial charge in [0.2, 0.25) is 0 Å². The average molecular weight is 431 g/mol. The Labute approximate surface area is 183 Å². The van der Waals surface area contributed by atoms with Gasteiger partial charge in [0.1, 0.15) is 0 Å². The third-order valence-electron chi connectivity index (χ3n) is 5.20. The molecule has 0 heterocycles. The minimum Gasteiger partial charge on any atom is -0.286 e. The molecule has 0 aromatic carbocycles. The van der Waals surface area contributed by atoms with Crippen LogP contribution in [0.3, 0.4) is 0 Å². The Bertz CT molecular complexity index is 325. The molecule has 0 radical (unpaired) electrons. The summed E-state index contributed by atoms with van der Waals surface area (Å²) in [5, 5.41) is 0.349. The summed E-state index contributed by atoms with van der Waals surface area (Å²) in [6, 6.07) is 0. The van der Waals surface area contributed by atoms with Gasteiger partial charge in [0.05, 0.1) is 0 Å². The Hall–Kier alpha value is 0.0400. The van der Waals surface area contributed by atoms with Crippen LogP contribution in [-0.2, 0) is 9.59 Å². The third-order valence-corrected chi connectivity index (χ3v) is 7.43. The second-order valence-electron chi connectivity index (χ2n) is 8.07. The van der Waals surface area contributed by atoms with E-state index in [1.165, 1.54) is 111 Å². The summed E-state index contributed by atoms with van der Waals surface area (Å²) >= 11 is 0. The highest BCUT2D eigenvalue weighted by molar-refractivity contribution is 8.87. The van der Waals surface area contributed by atoms with Crippen LogP contribution >= 0.6 is 21.6 Å². The van der Waals surface area contributed by atoms with E-state index in [2.05, 4.69) is 13.8 Å². The highest BCUT2D eigenvalue weighted by Gasteiger charge is 2.09. The summed E-state index contributed by atoms with van der Waals surface area (Å²) in [5.41, 5.74) is 0. The SMILES string of the molecule is CCCCCCCCCCCC(=O)SSC(=O)CCCCCCCCCCC. The predicted molar refractivity (Wildman–Crippen MR) is 129 cm³/mol. The first-order chi connectivity index (χ1) is 13.7. The van der Waals surface area contributed by atoms with Crippen LogP contribution < -0.4 is 0 Å². The van der Waals surface area contributed by atoms with E-state index in [1.54, 1.807) is 0 Å². The third kappa shape index (κ3) is 22.3. The lowest BCUT2D eigenvalue weighted by Gasteiger charge is -2.03. The molecule has 28 heavy (non-hydrogen) atoms. The highest BCUT2D eigenvalue weighted by atomic mass is 33.1. The Balaban J connectivity index is 3.32. The molecule has 0 rings (SSSR count). The summed E-state index contributed by atoms with van der Waals surface area (Å²) in [5.74, 6) is 0. The van der Waals surface area contributed by atoms with E-state index in [1.807, 2.05) is 0 Å². The monoisotopic (exact) mass is 430 g/mol. The maximum absolute atomic E-state index is 11.9. The lowest BCUT2D eigenvalue weighted by molar-refractivity contribution is -0.112. The van der Waals surface area contributed by atoms with Crippen molar-refractivity contribution in [3.8, 4) is 0 Å². The van der Waals surface area contributed by atoms with Crippen molar-refractivity contribution in [1.82, 2.24) is 0 Å². The fourth-order valence-corrected chi connectivity index (χ4v) is 5.04. The van der Waals surface area contributed by atoms with Gasteiger partial charge in [0, 0.05) is 12.8 Å². The van der Waals surface area contributed by atoms with Gasteiger partial charge in [-0.2, -0.15) is 0 Å². The maximum Gasteiger partial charge on any atom is 0.199 e. The Kier molecular flexibility index (Phi) is 23.4. The molecule has 0 saturated carbocycles. The van der Waals surface area contributed by atoms with Crippen LogP contribution in [0, 0.1) is 0 Å². The number of hydrogen-bond donors (Lipinski definition) is 0. The van der Waals surface area contributed by atoms with E-state index in [9.17, 15) is 9.59 Å². The molecule has 166 valence electrons. The van der Waals surface area contributed by atoms with Crippen LogP contribution in [0.2, 0.25) is 0 Å². The maximum atomic E-state index is 11.9. The highest BCUT2D eigenvalue weighted by Crippen LogP contribution is 2.27. The molecule has 0 unspecified atom stereocenters. The van der Waals surface area contributed by atoms with Crippen molar-refractivity contribution in [1.29, 1.82) is 0 Å². The molecule has 0 aliphatic heterocycles. The van der Waals surface area contributed by atoms with Crippen LogP contribution in [-0.4, -0.2) is 10.2 Å². The normalized spacial score (nSPS) is 11.1. The lowest BCUT2D eigenvalue weighted by atomic mass is 10.1. The number of carbonyl (C=O) groups is 2. The van der Waals surface area contributed by atoms with E-state index >= 15 is 0 Å². The van der Waals surface area contributed by atoms with E-state index in [0.717, 1.165) is 25.7 Å². The van der Waals surface area contributed by atoms with Crippen molar-refractivity contribution in [2.24, 2.45) is 0 Å². The molecule has 0 aliphatic rings. The van der Waals surface area contributed by atoms with Gasteiger partial charge in [-0.25, -0.2) is 0 Å². The van der Waals surface area contributed by atoms with Crippen LogP contribution in [0.15, 0.2) is 0 Å². The van der Waals surface area contributed by atoms with Crippen molar-refractivity contribution in [3.05, 3.63) is 0 Å². The predicted octanol–water partition coefficient (Wildman–Crippen LogP) is 9.26. The van der Waals surface area contributed by atoms with Gasteiger partial charge in [-0.05, 0) is 34.4 Å². The lowest BCUT2D eigenvalue weighted by Crippen LogP contribution is -1.94. The van der Waals surface area contributed by atoms with Gasteiger partial charge in [-0.3, -0.25) is 9.59 Å². The van der Waals surface area contributed by atoms with E-state index in [0.29, 0.717) is 12.8 Å². The molecule has 0 aliphatic carbocycles. The zero-order valence-electron chi connectivity index (χ0n) is 18.8. The topological polar surface area (TPSA) is 34.1 Å². The van der Waals surface area contributed by atoms with Gasteiger partial charge >= 0.3 is 0 Å². The number of carbonyl (C=O) groups excluding carboxylic acids is 2. The quantitative estimate of drug-likeness (QED) is 0.142. The number of hydrogen-bond acceptors (Lipinski definition) is 4. The van der Waals surface area contributed by atoms with Gasteiger partial charge in [0.25, 0.3) is 0 Å². The van der Waals surface area contributed by atoms with Crippen LogP contribution in [0.1, 0.15) is 142 Å². The molecule has 2 nitrogen and oxygen atoms in total. The Morgan fingerprint density at radius 2 is 0.679 bits per heavy atom. The zero-order chi connectivity index (χ0) is 20.7. The van der Waals surface area contributed by atoms with E-state index in [-0.39, 0.29) is 10.2 Å². The summed E-state index contributed by atoms with van der Waals surface area (Å²) in [4.78, 5) is 23.7. The Morgan fingerprint density at radius 1 is 0.429 bits per heavy atom. The van der Waals surface area contributed by atoms with Crippen molar-refractivity contribution in [3.63, 3.8) is 0 Å². The first kappa shape index (κ1) is 28.0. The van der Waals surface area contributed by atoms with Gasteiger partial charge in [0.15, 0.2) is 10.2 Å². The smallest absolute Gasteiger partial charge is 0.199 e. The molecular weight excluding hydrogens is 384 g/mol. The molecule has 0 N–H and O–H groups in total. The van der Waals surface area contributed by atoms with E-state index < -0.39 is 0 Å². The van der Waals surface area contributed by atoms with Crippen molar-refractivity contribution >= 4 is 31.8 Å². The van der Waals surface area contributed by atoms with Gasteiger partial charge in [-0.15, -0.1) is 0 Å². The standard InChI is InChI=1S/C24H46O2S2/c1-3-5-7-9-11-13-15-17-19-21-23(25)27-28-24(26)22-20-18-16-14-12-10-8-6-4-2/h3-22H2,1-2H3. The molecule has 0 fully saturated rings. The van der Waals surface area contributed by atoms with E-state index in [4.69, 9.17) is 0 Å². The van der Waals surface area contributed by atoms with Crippen molar-refractivity contribution < 1.29 is 9.59 Å². The molecule has 0 saturated heterocycles. The molecule has 0 aromatic rings. The summed E-state index contributed by atoms with van der Waals surface area (Å²) in [7, 11) is 2.34. The number of rotatable bonds is 20. The number of unbranched alkanes of at least 4 members (excludes halogenated alkanes) is 16. The minimum atomic E-state index is 0.174. The summed E-state index contributed by atoms with van der Waals surface area (Å²) in [6.07, 6.45) is 24.1. The molecule has 0 spiro atoms. The zero-order valence-corrected chi connectivity index (χ0v) is 20.4. The summed E-state index contributed by atoms with van der Waals surface area (Å²) in [6.45, 7) is 4.50. The van der Waals surface area contributed by atoms with Gasteiger partial charge in [-0.1, -0.05) is 117 Å². The molecule has 0 aromatic heterocycles. The molecule has 0 bridgehead atoms. The average Bonchev–Trinajstić information content (AvgIpc) is 2.69. The molecule has 0 amide bonds. The van der Waals surface area contributed by atoms with Crippen LogP contribution in [0.25, 0.3) is 0 Å². The van der Waals surface area contributed by atoms with Crippen molar-refractivity contribution in [2.75, 3.05) is 0 Å². The van der Waals surface area contributed by atoms with Crippen molar-refractivity contribution in [2.45, 2.75) is 142 Å². The van der Waals surface area contributed by atoms with Crippen LogP contribution in [0.5, 0.6) is 0 Å². The Morgan fingerprint density at radius 3 is 0.964 bits per heavy atom. The first-order valence-corrected chi connectivity index (χ1v) is 14.3. The molecule has 4 heteroatoms. The first-order valence-electron chi connectivity index (χ1n) is 12.1. The molecule has 0 atom stereocenters. The minimum absolute atomic E-state index is 0.174.